The normalized spacial score (nSPS) is 10.6. The Hall–Kier alpha value is -1.98. The van der Waals surface area contributed by atoms with E-state index in [1.54, 1.807) is 13.3 Å². The number of likely N-dealkylation sites (N-methyl/N-ethyl adjacent to an activating group) is 1. The Balaban J connectivity index is 2.16. The van der Waals surface area contributed by atoms with Crippen molar-refractivity contribution in [3.05, 3.63) is 42.1 Å². The van der Waals surface area contributed by atoms with Crippen LogP contribution in [0.3, 0.4) is 0 Å². The minimum atomic E-state index is 0.582. The molecule has 0 aliphatic heterocycles. The summed E-state index contributed by atoms with van der Waals surface area (Å²) in [6.45, 7) is 2.05. The van der Waals surface area contributed by atoms with Crippen LogP contribution in [0.5, 0.6) is 0 Å². The molecule has 0 unspecified atom stereocenters. The minimum Gasteiger partial charge on any atom is -0.384 e. The van der Waals surface area contributed by atoms with E-state index < -0.39 is 0 Å². The van der Waals surface area contributed by atoms with E-state index in [-0.39, 0.29) is 0 Å². The molecule has 2 N–H and O–H groups in total. The molecule has 112 valence electrons. The van der Waals surface area contributed by atoms with Crippen LogP contribution in [0.1, 0.15) is 5.56 Å². The zero-order valence-corrected chi connectivity index (χ0v) is 12.6. The molecule has 1 heterocycles. The summed E-state index contributed by atoms with van der Waals surface area (Å²) in [7, 11) is 3.66. The fourth-order valence-electron chi connectivity index (χ4n) is 2.05. The third kappa shape index (κ3) is 4.24. The van der Waals surface area contributed by atoms with Crippen molar-refractivity contribution in [2.45, 2.75) is 6.42 Å². The highest BCUT2D eigenvalue weighted by Crippen LogP contribution is 2.19. The number of nitrogens with two attached hydrogens (primary N) is 1. The number of ether oxygens (including phenoxy) is 1. The van der Waals surface area contributed by atoms with Crippen LogP contribution in [-0.4, -0.2) is 43.8 Å². The van der Waals surface area contributed by atoms with Gasteiger partial charge in [0.1, 0.15) is 0 Å². The highest BCUT2D eigenvalue weighted by Gasteiger charge is 2.06. The summed E-state index contributed by atoms with van der Waals surface area (Å²) < 4.78 is 5.09. The first-order valence-electron chi connectivity index (χ1n) is 7.07. The number of methoxy groups -OCH3 is 1. The van der Waals surface area contributed by atoms with Crippen molar-refractivity contribution in [1.29, 1.82) is 0 Å². The Bertz CT molecular complexity index is 556. The molecule has 1 aromatic heterocycles. The molecule has 0 saturated carbocycles. The lowest BCUT2D eigenvalue weighted by Crippen LogP contribution is -2.26. The molecule has 21 heavy (non-hydrogen) atoms. The Kier molecular flexibility index (Phi) is 5.66. The third-order valence-corrected chi connectivity index (χ3v) is 3.29. The molecule has 2 rings (SSSR count). The van der Waals surface area contributed by atoms with Crippen molar-refractivity contribution in [3.8, 4) is 11.3 Å². The molecule has 0 bridgehead atoms. The average molecular weight is 286 g/mol. The largest absolute Gasteiger partial charge is 0.384 e. The van der Waals surface area contributed by atoms with Gasteiger partial charge in [-0.05, 0) is 18.1 Å². The highest BCUT2D eigenvalue weighted by molar-refractivity contribution is 5.60. The van der Waals surface area contributed by atoms with Gasteiger partial charge in [0.25, 0.3) is 0 Å². The summed E-state index contributed by atoms with van der Waals surface area (Å²) in [6, 6.07) is 10.3. The Morgan fingerprint density at radius 1 is 1.19 bits per heavy atom. The summed E-state index contributed by atoms with van der Waals surface area (Å²) in [5, 5.41) is 0. The number of nitrogens with zero attached hydrogens (tertiary/aromatic N) is 3. The van der Waals surface area contributed by atoms with Crippen molar-refractivity contribution in [2.24, 2.45) is 5.73 Å². The molecule has 0 radical (unpaired) electrons. The van der Waals surface area contributed by atoms with Gasteiger partial charge < -0.3 is 15.4 Å². The summed E-state index contributed by atoms with van der Waals surface area (Å²) in [4.78, 5) is 10.8. The van der Waals surface area contributed by atoms with Crippen molar-refractivity contribution in [3.63, 3.8) is 0 Å². The number of hydrogen-bond acceptors (Lipinski definition) is 5. The summed E-state index contributed by atoms with van der Waals surface area (Å²) in [5.41, 5.74) is 8.83. The van der Waals surface area contributed by atoms with Gasteiger partial charge in [-0.3, -0.25) is 0 Å². The standard InChI is InChI=1S/C16H22N4O/c1-20(11-9-17)16-18-10-7-15(19-16)14-5-3-13(4-6-14)8-12-21-2/h3-7,10H,8-9,11-12,17H2,1-2H3. The topological polar surface area (TPSA) is 64.3 Å². The smallest absolute Gasteiger partial charge is 0.225 e. The first kappa shape index (κ1) is 15.4. The zero-order chi connectivity index (χ0) is 15.1. The predicted molar refractivity (Wildman–Crippen MR) is 85.4 cm³/mol. The Morgan fingerprint density at radius 3 is 2.62 bits per heavy atom. The fourth-order valence-corrected chi connectivity index (χ4v) is 2.05. The summed E-state index contributed by atoms with van der Waals surface area (Å²) in [6.07, 6.45) is 2.70. The quantitative estimate of drug-likeness (QED) is 0.839. The van der Waals surface area contributed by atoms with Gasteiger partial charge in [0.2, 0.25) is 5.95 Å². The maximum absolute atomic E-state index is 5.57. The lowest BCUT2D eigenvalue weighted by Gasteiger charge is -2.16. The van der Waals surface area contributed by atoms with E-state index >= 15 is 0 Å². The van der Waals surface area contributed by atoms with Crippen LogP contribution in [0, 0.1) is 0 Å². The van der Waals surface area contributed by atoms with Gasteiger partial charge in [0.15, 0.2) is 0 Å². The van der Waals surface area contributed by atoms with E-state index in [9.17, 15) is 0 Å². The molecular formula is C16H22N4O. The lowest BCUT2D eigenvalue weighted by molar-refractivity contribution is 0.202. The molecule has 1 aromatic carbocycles. The number of hydrogen-bond donors (Lipinski definition) is 1. The van der Waals surface area contributed by atoms with E-state index in [0.29, 0.717) is 12.5 Å². The zero-order valence-electron chi connectivity index (χ0n) is 12.6. The second kappa shape index (κ2) is 7.71. The van der Waals surface area contributed by atoms with Crippen LogP contribution >= 0.6 is 0 Å². The maximum Gasteiger partial charge on any atom is 0.225 e. The molecule has 0 amide bonds. The van der Waals surface area contributed by atoms with Gasteiger partial charge in [-0.15, -0.1) is 0 Å². The maximum atomic E-state index is 5.57. The van der Waals surface area contributed by atoms with Crippen molar-refractivity contribution in [1.82, 2.24) is 9.97 Å². The van der Waals surface area contributed by atoms with Crippen LogP contribution in [0.25, 0.3) is 11.3 Å². The fraction of sp³-hybridized carbons (Fsp3) is 0.375. The molecular weight excluding hydrogens is 264 g/mol. The molecule has 0 aliphatic carbocycles. The van der Waals surface area contributed by atoms with Gasteiger partial charge in [-0.2, -0.15) is 0 Å². The van der Waals surface area contributed by atoms with Gasteiger partial charge in [-0.1, -0.05) is 24.3 Å². The average Bonchev–Trinajstić information content (AvgIpc) is 2.54. The first-order valence-corrected chi connectivity index (χ1v) is 7.07. The van der Waals surface area contributed by atoms with Crippen LogP contribution in [0.2, 0.25) is 0 Å². The van der Waals surface area contributed by atoms with E-state index in [4.69, 9.17) is 10.5 Å². The van der Waals surface area contributed by atoms with Gasteiger partial charge in [0.05, 0.1) is 12.3 Å². The minimum absolute atomic E-state index is 0.582. The summed E-state index contributed by atoms with van der Waals surface area (Å²) in [5.74, 6) is 0.696. The number of benzene rings is 1. The first-order chi connectivity index (χ1) is 10.2. The second-order valence-corrected chi connectivity index (χ2v) is 4.89. The summed E-state index contributed by atoms with van der Waals surface area (Å²) >= 11 is 0. The van der Waals surface area contributed by atoms with Crippen LogP contribution < -0.4 is 10.6 Å². The molecule has 5 nitrogen and oxygen atoms in total. The molecule has 2 aromatic rings. The lowest BCUT2D eigenvalue weighted by atomic mass is 10.1. The highest BCUT2D eigenvalue weighted by atomic mass is 16.5. The third-order valence-electron chi connectivity index (χ3n) is 3.29. The number of anilines is 1. The Labute approximate surface area is 125 Å². The van der Waals surface area contributed by atoms with E-state index in [1.165, 1.54) is 5.56 Å². The monoisotopic (exact) mass is 286 g/mol. The number of aromatic nitrogens is 2. The molecule has 0 spiro atoms. The molecule has 0 aliphatic rings. The van der Waals surface area contributed by atoms with E-state index in [1.807, 2.05) is 18.0 Å². The number of rotatable bonds is 7. The second-order valence-electron chi connectivity index (χ2n) is 4.89. The van der Waals surface area contributed by atoms with Crippen molar-refractivity contribution < 1.29 is 4.74 Å². The van der Waals surface area contributed by atoms with Gasteiger partial charge >= 0.3 is 0 Å². The SMILES string of the molecule is COCCc1ccc(-c2ccnc(N(C)CCN)n2)cc1. The predicted octanol–water partition coefficient (Wildman–Crippen LogP) is 1.73. The van der Waals surface area contributed by atoms with Gasteiger partial charge in [-0.25, -0.2) is 9.97 Å². The van der Waals surface area contributed by atoms with Crippen molar-refractivity contribution >= 4 is 5.95 Å². The van der Waals surface area contributed by atoms with Crippen LogP contribution in [0.15, 0.2) is 36.5 Å². The van der Waals surface area contributed by atoms with Gasteiger partial charge in [0, 0.05) is 39.0 Å². The molecule has 5 heteroatoms. The van der Waals surface area contributed by atoms with E-state index in [0.717, 1.165) is 30.8 Å². The Morgan fingerprint density at radius 2 is 1.95 bits per heavy atom. The molecule has 0 fully saturated rings. The van der Waals surface area contributed by atoms with E-state index in [2.05, 4.69) is 34.2 Å². The van der Waals surface area contributed by atoms with Crippen LogP contribution in [0.4, 0.5) is 5.95 Å². The van der Waals surface area contributed by atoms with Crippen LogP contribution in [-0.2, 0) is 11.2 Å². The molecule has 0 saturated heterocycles. The molecule has 0 atom stereocenters. The van der Waals surface area contributed by atoms with Crippen molar-refractivity contribution in [2.75, 3.05) is 38.8 Å².